The number of likely N-dealkylation sites (N-methyl/N-ethyl adjacent to an activating group) is 1. The number of hydrogen-bond donors (Lipinski definition) is 1. The third-order valence-corrected chi connectivity index (χ3v) is 4.06. The van der Waals surface area contributed by atoms with Crippen molar-refractivity contribution >= 4 is 17.8 Å². The van der Waals surface area contributed by atoms with E-state index in [9.17, 15) is 14.4 Å². The largest absolute Gasteiger partial charge is 0.469 e. The summed E-state index contributed by atoms with van der Waals surface area (Å²) in [5.74, 6) is -0.805. The highest BCUT2D eigenvalue weighted by atomic mass is 16.5. The second-order valence-corrected chi connectivity index (χ2v) is 5.79. The summed E-state index contributed by atoms with van der Waals surface area (Å²) in [6.07, 6.45) is -0.0575. The van der Waals surface area contributed by atoms with Crippen molar-refractivity contribution in [1.29, 1.82) is 0 Å². The molecule has 1 atom stereocenters. The standard InChI is InChI=1S/C17H23N3O4/c1-19(11-13-6-4-3-5-7-13)15(21)12-20-9-8-18-17(23)14(20)10-16(22)24-2/h3-7,14H,8-12H2,1-2H3,(H,18,23)/t14-/m1/s1. The Hall–Kier alpha value is -2.41. The molecule has 0 spiro atoms. The molecule has 2 amide bonds. The van der Waals surface area contributed by atoms with Crippen molar-refractivity contribution in [2.45, 2.75) is 19.0 Å². The minimum Gasteiger partial charge on any atom is -0.469 e. The van der Waals surface area contributed by atoms with E-state index in [2.05, 4.69) is 10.1 Å². The third kappa shape index (κ3) is 4.79. The van der Waals surface area contributed by atoms with Crippen molar-refractivity contribution in [3.63, 3.8) is 0 Å². The number of carbonyl (C=O) groups excluding carboxylic acids is 3. The molecule has 0 aliphatic carbocycles. The van der Waals surface area contributed by atoms with Crippen molar-refractivity contribution in [3.05, 3.63) is 35.9 Å². The summed E-state index contributed by atoms with van der Waals surface area (Å²) < 4.78 is 4.64. The Morgan fingerprint density at radius 1 is 1.33 bits per heavy atom. The zero-order chi connectivity index (χ0) is 17.5. The highest BCUT2D eigenvalue weighted by Gasteiger charge is 2.33. The lowest BCUT2D eigenvalue weighted by atomic mass is 10.1. The highest BCUT2D eigenvalue weighted by molar-refractivity contribution is 5.88. The normalized spacial score (nSPS) is 17.9. The molecule has 1 aliphatic rings. The molecule has 1 N–H and O–H groups in total. The second-order valence-electron chi connectivity index (χ2n) is 5.79. The Bertz CT molecular complexity index is 591. The van der Waals surface area contributed by atoms with Crippen LogP contribution in [0.25, 0.3) is 0 Å². The van der Waals surface area contributed by atoms with Crippen LogP contribution < -0.4 is 5.32 Å². The first kappa shape index (κ1) is 17.9. The van der Waals surface area contributed by atoms with E-state index in [-0.39, 0.29) is 24.8 Å². The van der Waals surface area contributed by atoms with E-state index >= 15 is 0 Å². The molecule has 0 radical (unpaired) electrons. The summed E-state index contributed by atoms with van der Waals surface area (Å²) in [5, 5.41) is 2.72. The minimum atomic E-state index is -0.666. The first-order valence-electron chi connectivity index (χ1n) is 7.87. The topological polar surface area (TPSA) is 79.0 Å². The number of methoxy groups -OCH3 is 1. The molecule has 1 aromatic carbocycles. The molecule has 2 rings (SSSR count). The van der Waals surface area contributed by atoms with Crippen molar-refractivity contribution in [3.8, 4) is 0 Å². The Kier molecular flexibility index (Phi) is 6.31. The van der Waals surface area contributed by atoms with Crippen LogP contribution in [0, 0.1) is 0 Å². The van der Waals surface area contributed by atoms with Gasteiger partial charge >= 0.3 is 5.97 Å². The molecule has 7 heteroatoms. The number of ether oxygens (including phenoxy) is 1. The zero-order valence-corrected chi connectivity index (χ0v) is 14.0. The summed E-state index contributed by atoms with van der Waals surface area (Å²) in [5.41, 5.74) is 1.04. The van der Waals surface area contributed by atoms with Gasteiger partial charge in [0.15, 0.2) is 0 Å². The van der Waals surface area contributed by atoms with E-state index in [1.807, 2.05) is 30.3 Å². The molecular formula is C17H23N3O4. The quantitative estimate of drug-likeness (QED) is 0.742. The summed E-state index contributed by atoms with van der Waals surface area (Å²) in [4.78, 5) is 39.3. The average molecular weight is 333 g/mol. The maximum Gasteiger partial charge on any atom is 0.307 e. The number of esters is 1. The van der Waals surface area contributed by atoms with E-state index in [0.717, 1.165) is 5.56 Å². The Morgan fingerprint density at radius 3 is 2.71 bits per heavy atom. The van der Waals surface area contributed by atoms with Gasteiger partial charge in [0.1, 0.15) is 6.04 Å². The first-order chi connectivity index (χ1) is 11.5. The van der Waals surface area contributed by atoms with Gasteiger partial charge in [-0.25, -0.2) is 0 Å². The molecule has 1 aliphatic heterocycles. The number of piperazine rings is 1. The molecule has 7 nitrogen and oxygen atoms in total. The molecule has 0 aromatic heterocycles. The predicted molar refractivity (Wildman–Crippen MR) is 87.9 cm³/mol. The fourth-order valence-electron chi connectivity index (χ4n) is 2.65. The van der Waals surface area contributed by atoms with Crippen LogP contribution in [0.3, 0.4) is 0 Å². The minimum absolute atomic E-state index is 0.0575. The SMILES string of the molecule is COC(=O)C[C@@H]1C(=O)NCCN1CC(=O)N(C)Cc1ccccc1. The molecule has 130 valence electrons. The van der Waals surface area contributed by atoms with Crippen LogP contribution in [0.15, 0.2) is 30.3 Å². The molecule has 1 saturated heterocycles. The number of rotatable bonds is 6. The van der Waals surface area contributed by atoms with Crippen LogP contribution in [0.5, 0.6) is 0 Å². The maximum atomic E-state index is 12.5. The van der Waals surface area contributed by atoms with E-state index in [1.54, 1.807) is 16.8 Å². The summed E-state index contributed by atoms with van der Waals surface area (Å²) in [7, 11) is 3.01. The number of nitrogens with zero attached hydrogens (tertiary/aromatic N) is 2. The van der Waals surface area contributed by atoms with Crippen molar-refractivity contribution in [2.24, 2.45) is 0 Å². The Morgan fingerprint density at radius 2 is 2.04 bits per heavy atom. The van der Waals surface area contributed by atoms with Crippen LogP contribution in [0.4, 0.5) is 0 Å². The van der Waals surface area contributed by atoms with Gasteiger partial charge in [0.05, 0.1) is 20.1 Å². The smallest absolute Gasteiger partial charge is 0.307 e. The molecular weight excluding hydrogens is 310 g/mol. The fourth-order valence-corrected chi connectivity index (χ4v) is 2.65. The number of amides is 2. The van der Waals surface area contributed by atoms with Crippen LogP contribution in [0.2, 0.25) is 0 Å². The highest BCUT2D eigenvalue weighted by Crippen LogP contribution is 2.11. The van der Waals surface area contributed by atoms with Gasteiger partial charge in [0.2, 0.25) is 11.8 Å². The van der Waals surface area contributed by atoms with Crippen LogP contribution in [-0.2, 0) is 25.7 Å². The van der Waals surface area contributed by atoms with E-state index in [1.165, 1.54) is 7.11 Å². The number of benzene rings is 1. The van der Waals surface area contributed by atoms with Gasteiger partial charge in [0.25, 0.3) is 0 Å². The van der Waals surface area contributed by atoms with Crippen LogP contribution in [-0.4, -0.2) is 67.4 Å². The average Bonchev–Trinajstić information content (AvgIpc) is 2.58. The lowest BCUT2D eigenvalue weighted by Gasteiger charge is -2.34. The maximum absolute atomic E-state index is 12.5. The number of hydrogen-bond acceptors (Lipinski definition) is 5. The van der Waals surface area contributed by atoms with E-state index < -0.39 is 12.0 Å². The van der Waals surface area contributed by atoms with Gasteiger partial charge in [-0.3, -0.25) is 19.3 Å². The van der Waals surface area contributed by atoms with Crippen LogP contribution >= 0.6 is 0 Å². The van der Waals surface area contributed by atoms with Gasteiger partial charge in [-0.2, -0.15) is 0 Å². The van der Waals surface area contributed by atoms with Gasteiger partial charge < -0.3 is 15.0 Å². The van der Waals surface area contributed by atoms with Gasteiger partial charge in [-0.05, 0) is 5.56 Å². The van der Waals surface area contributed by atoms with Crippen molar-refractivity contribution in [2.75, 3.05) is 33.8 Å². The second kappa shape index (κ2) is 8.44. The van der Waals surface area contributed by atoms with Gasteiger partial charge in [-0.15, -0.1) is 0 Å². The molecule has 0 bridgehead atoms. The molecule has 1 aromatic rings. The fraction of sp³-hybridized carbons (Fsp3) is 0.471. The van der Waals surface area contributed by atoms with Crippen molar-refractivity contribution < 1.29 is 19.1 Å². The molecule has 1 heterocycles. The van der Waals surface area contributed by atoms with E-state index in [4.69, 9.17) is 0 Å². The molecule has 24 heavy (non-hydrogen) atoms. The molecule has 0 saturated carbocycles. The summed E-state index contributed by atoms with van der Waals surface area (Å²) in [6.45, 7) is 1.59. The molecule has 1 fully saturated rings. The Balaban J connectivity index is 1.97. The monoisotopic (exact) mass is 333 g/mol. The summed E-state index contributed by atoms with van der Waals surface area (Å²) >= 11 is 0. The summed E-state index contributed by atoms with van der Waals surface area (Å²) in [6, 6.07) is 9.02. The Labute approximate surface area is 141 Å². The number of carbonyl (C=O) groups is 3. The van der Waals surface area contributed by atoms with Gasteiger partial charge in [0, 0.05) is 26.7 Å². The lowest BCUT2D eigenvalue weighted by Crippen LogP contribution is -2.58. The first-order valence-corrected chi connectivity index (χ1v) is 7.87. The molecule has 0 unspecified atom stereocenters. The van der Waals surface area contributed by atoms with E-state index in [0.29, 0.717) is 19.6 Å². The van der Waals surface area contributed by atoms with Crippen molar-refractivity contribution in [1.82, 2.24) is 15.1 Å². The van der Waals surface area contributed by atoms with Gasteiger partial charge in [-0.1, -0.05) is 30.3 Å². The van der Waals surface area contributed by atoms with Crippen LogP contribution in [0.1, 0.15) is 12.0 Å². The zero-order valence-electron chi connectivity index (χ0n) is 14.0. The number of nitrogens with one attached hydrogen (secondary N) is 1. The third-order valence-electron chi connectivity index (χ3n) is 4.06. The predicted octanol–water partition coefficient (Wildman–Crippen LogP) is 0.00850. The lowest BCUT2D eigenvalue weighted by molar-refractivity contribution is -0.147.